The summed E-state index contributed by atoms with van der Waals surface area (Å²) in [5, 5.41) is 10.7. The van der Waals surface area contributed by atoms with E-state index in [4.69, 9.17) is 12.2 Å². The first-order chi connectivity index (χ1) is 12.0. The number of hydrazine groups is 1. The van der Waals surface area contributed by atoms with Gasteiger partial charge in [-0.2, -0.15) is 5.01 Å². The molecule has 2 aromatic carbocycles. The SMILES string of the molecule is O=C(NN1C(=O)/C(=C/c2ccc(F)cc2)SC1=S)c1ccccc1O. The van der Waals surface area contributed by atoms with Crippen LogP contribution in [0.2, 0.25) is 0 Å². The summed E-state index contributed by atoms with van der Waals surface area (Å²) in [7, 11) is 0. The molecule has 1 aliphatic rings. The smallest absolute Gasteiger partial charge is 0.285 e. The molecule has 0 aromatic heterocycles. The van der Waals surface area contributed by atoms with Gasteiger partial charge >= 0.3 is 0 Å². The van der Waals surface area contributed by atoms with Gasteiger partial charge in [0.05, 0.1) is 10.5 Å². The maximum absolute atomic E-state index is 12.9. The van der Waals surface area contributed by atoms with Gasteiger partial charge in [-0.1, -0.05) is 36.0 Å². The van der Waals surface area contributed by atoms with Crippen molar-refractivity contribution in [2.75, 3.05) is 0 Å². The third kappa shape index (κ3) is 3.70. The average Bonchev–Trinajstić information content (AvgIpc) is 2.85. The van der Waals surface area contributed by atoms with Gasteiger partial charge in [0.25, 0.3) is 11.8 Å². The van der Waals surface area contributed by atoms with Crippen molar-refractivity contribution in [3.8, 4) is 5.75 Å². The maximum Gasteiger partial charge on any atom is 0.285 e. The number of thiocarbonyl (C=S) groups is 1. The average molecular weight is 374 g/mol. The Labute approximate surface area is 152 Å². The highest BCUT2D eigenvalue weighted by molar-refractivity contribution is 8.26. The molecule has 0 radical (unpaired) electrons. The maximum atomic E-state index is 12.9. The number of carbonyl (C=O) groups excluding carboxylic acids is 2. The Morgan fingerprint density at radius 2 is 1.88 bits per heavy atom. The zero-order valence-corrected chi connectivity index (χ0v) is 14.2. The molecule has 126 valence electrons. The summed E-state index contributed by atoms with van der Waals surface area (Å²) < 4.78 is 13.1. The number of hydrogen-bond acceptors (Lipinski definition) is 5. The van der Waals surface area contributed by atoms with Crippen LogP contribution < -0.4 is 5.43 Å². The summed E-state index contributed by atoms with van der Waals surface area (Å²) in [4.78, 5) is 25.0. The molecule has 25 heavy (non-hydrogen) atoms. The second-order valence-corrected chi connectivity index (χ2v) is 6.70. The van der Waals surface area contributed by atoms with Gasteiger partial charge in [-0.15, -0.1) is 0 Å². The molecule has 2 amide bonds. The summed E-state index contributed by atoms with van der Waals surface area (Å²) in [6, 6.07) is 11.6. The largest absolute Gasteiger partial charge is 0.507 e. The van der Waals surface area contributed by atoms with Crippen molar-refractivity contribution in [2.24, 2.45) is 0 Å². The summed E-state index contributed by atoms with van der Waals surface area (Å²) in [6.07, 6.45) is 1.56. The van der Waals surface area contributed by atoms with Gasteiger partial charge < -0.3 is 5.11 Å². The molecule has 2 N–H and O–H groups in total. The van der Waals surface area contributed by atoms with Crippen LogP contribution in [0.25, 0.3) is 6.08 Å². The number of amides is 2. The highest BCUT2D eigenvalue weighted by atomic mass is 32.2. The van der Waals surface area contributed by atoms with Crippen LogP contribution in [0.5, 0.6) is 5.75 Å². The molecule has 8 heteroatoms. The molecule has 1 saturated heterocycles. The quantitative estimate of drug-likeness (QED) is 0.638. The number of benzene rings is 2. The molecule has 1 fully saturated rings. The number of nitrogens with one attached hydrogen (secondary N) is 1. The molecule has 0 saturated carbocycles. The molecule has 1 aliphatic heterocycles. The molecular formula is C17H11FN2O3S2. The fourth-order valence-corrected chi connectivity index (χ4v) is 3.28. The third-order valence-electron chi connectivity index (χ3n) is 3.32. The molecule has 5 nitrogen and oxygen atoms in total. The van der Waals surface area contributed by atoms with Gasteiger partial charge in [0.2, 0.25) is 0 Å². The van der Waals surface area contributed by atoms with Crippen LogP contribution in [0.1, 0.15) is 15.9 Å². The van der Waals surface area contributed by atoms with Gasteiger partial charge in [-0.25, -0.2) is 4.39 Å². The van der Waals surface area contributed by atoms with Crippen LogP contribution in [0.15, 0.2) is 53.4 Å². The predicted octanol–water partition coefficient (Wildman–Crippen LogP) is 3.08. The predicted molar refractivity (Wildman–Crippen MR) is 97.0 cm³/mol. The Balaban J connectivity index is 1.79. The van der Waals surface area contributed by atoms with Gasteiger partial charge in [0, 0.05) is 0 Å². The number of nitrogens with zero attached hydrogens (tertiary/aromatic N) is 1. The second-order valence-electron chi connectivity index (χ2n) is 5.03. The number of para-hydroxylation sites is 1. The minimum atomic E-state index is -0.655. The van der Waals surface area contributed by atoms with E-state index in [-0.39, 0.29) is 21.5 Å². The van der Waals surface area contributed by atoms with E-state index in [1.807, 2.05) is 0 Å². The highest BCUT2D eigenvalue weighted by Crippen LogP contribution is 2.31. The van der Waals surface area contributed by atoms with Crippen molar-refractivity contribution in [3.63, 3.8) is 0 Å². The van der Waals surface area contributed by atoms with Crippen molar-refractivity contribution in [1.29, 1.82) is 0 Å². The fourth-order valence-electron chi connectivity index (χ4n) is 2.10. The Kier molecular flexibility index (Phi) is 4.82. The van der Waals surface area contributed by atoms with Crippen LogP contribution in [-0.2, 0) is 4.79 Å². The minimum Gasteiger partial charge on any atom is -0.507 e. The van der Waals surface area contributed by atoms with Crippen molar-refractivity contribution < 1.29 is 19.1 Å². The van der Waals surface area contributed by atoms with Gasteiger partial charge in [0.15, 0.2) is 4.32 Å². The molecule has 0 unspecified atom stereocenters. The first kappa shape index (κ1) is 17.1. The Hall–Kier alpha value is -2.71. The summed E-state index contributed by atoms with van der Waals surface area (Å²) >= 11 is 6.14. The van der Waals surface area contributed by atoms with Crippen molar-refractivity contribution in [2.45, 2.75) is 0 Å². The van der Waals surface area contributed by atoms with E-state index >= 15 is 0 Å². The van der Waals surface area contributed by atoms with E-state index in [1.54, 1.807) is 18.2 Å². The third-order valence-corrected chi connectivity index (χ3v) is 4.63. The van der Waals surface area contributed by atoms with E-state index in [0.29, 0.717) is 10.5 Å². The van der Waals surface area contributed by atoms with E-state index < -0.39 is 11.8 Å². The molecule has 3 rings (SSSR count). The summed E-state index contributed by atoms with van der Waals surface area (Å²) in [6.45, 7) is 0. The lowest BCUT2D eigenvalue weighted by Gasteiger charge is -2.16. The lowest BCUT2D eigenvalue weighted by atomic mass is 10.2. The van der Waals surface area contributed by atoms with Crippen LogP contribution in [0, 0.1) is 5.82 Å². The zero-order chi connectivity index (χ0) is 18.0. The van der Waals surface area contributed by atoms with Crippen molar-refractivity contribution in [3.05, 3.63) is 70.4 Å². The van der Waals surface area contributed by atoms with Crippen LogP contribution >= 0.6 is 24.0 Å². The number of halogens is 1. The normalized spacial score (nSPS) is 15.7. The topological polar surface area (TPSA) is 69.6 Å². The molecular weight excluding hydrogens is 363 g/mol. The summed E-state index contributed by atoms with van der Waals surface area (Å²) in [5.74, 6) is -1.73. The highest BCUT2D eigenvalue weighted by Gasteiger charge is 2.34. The van der Waals surface area contributed by atoms with Gasteiger partial charge in [-0.3, -0.25) is 15.0 Å². The Bertz CT molecular complexity index is 897. The molecule has 0 aliphatic carbocycles. The van der Waals surface area contributed by atoms with Crippen LogP contribution in [0.4, 0.5) is 4.39 Å². The number of phenolic OH excluding ortho intramolecular Hbond substituents is 1. The van der Waals surface area contributed by atoms with Crippen molar-refractivity contribution in [1.82, 2.24) is 10.4 Å². The Morgan fingerprint density at radius 1 is 1.20 bits per heavy atom. The lowest BCUT2D eigenvalue weighted by Crippen LogP contribution is -2.44. The van der Waals surface area contributed by atoms with Crippen molar-refractivity contribution >= 4 is 46.2 Å². The fraction of sp³-hybridized carbons (Fsp3) is 0. The molecule has 2 aromatic rings. The number of rotatable bonds is 3. The van der Waals surface area contributed by atoms with Gasteiger partial charge in [-0.05, 0) is 48.1 Å². The number of phenols is 1. The first-order valence-electron chi connectivity index (χ1n) is 7.08. The van der Waals surface area contributed by atoms with E-state index in [1.165, 1.54) is 36.4 Å². The standard InChI is InChI=1S/C17H11FN2O3S2/c18-11-7-5-10(6-8-11)9-14-16(23)20(17(24)25-14)19-15(22)12-3-1-2-4-13(12)21/h1-9,21H,(H,19,22)/b14-9-. The van der Waals surface area contributed by atoms with E-state index in [2.05, 4.69) is 5.43 Å². The van der Waals surface area contributed by atoms with Gasteiger partial charge in [0.1, 0.15) is 11.6 Å². The number of thioether (sulfide) groups is 1. The molecule has 0 atom stereocenters. The lowest BCUT2D eigenvalue weighted by molar-refractivity contribution is -0.123. The number of aromatic hydroxyl groups is 1. The summed E-state index contributed by atoms with van der Waals surface area (Å²) in [5.41, 5.74) is 3.04. The molecule has 0 bridgehead atoms. The minimum absolute atomic E-state index is 0.0269. The molecule has 1 heterocycles. The van der Waals surface area contributed by atoms with Crippen LogP contribution in [-0.4, -0.2) is 26.3 Å². The number of carbonyl (C=O) groups is 2. The second kappa shape index (κ2) is 7.04. The Morgan fingerprint density at radius 3 is 2.56 bits per heavy atom. The van der Waals surface area contributed by atoms with Crippen LogP contribution in [0.3, 0.4) is 0 Å². The monoisotopic (exact) mass is 374 g/mol. The zero-order valence-electron chi connectivity index (χ0n) is 12.6. The van der Waals surface area contributed by atoms with E-state index in [0.717, 1.165) is 16.8 Å². The van der Waals surface area contributed by atoms with E-state index in [9.17, 15) is 19.1 Å². The first-order valence-corrected chi connectivity index (χ1v) is 8.30. The number of hydrogen-bond donors (Lipinski definition) is 2. The molecule has 0 spiro atoms.